The molecule has 6 aliphatic heterocycles. The Morgan fingerprint density at radius 2 is 1.45 bits per heavy atom. The number of cyclic esters (lactones) is 2. The lowest BCUT2D eigenvalue weighted by Gasteiger charge is -2.48. The molecule has 1 unspecified atom stereocenters. The van der Waals surface area contributed by atoms with Crippen molar-refractivity contribution in [3.05, 3.63) is 112 Å². The number of allylic oxidation sites excluding steroid dienone is 1. The number of primary amides is 1. The molecule has 1 aromatic carbocycles. The van der Waals surface area contributed by atoms with Gasteiger partial charge in [-0.05, 0) is 59.5 Å². The third kappa shape index (κ3) is 16.7. The summed E-state index contributed by atoms with van der Waals surface area (Å²) in [5.41, 5.74) is 3.21. The Balaban J connectivity index is 0.861. The second kappa shape index (κ2) is 33.3. The van der Waals surface area contributed by atoms with Gasteiger partial charge in [0.05, 0.1) is 56.3 Å². The number of hydrogen-bond acceptors (Lipinski definition) is 34. The first-order chi connectivity index (χ1) is 53.7. The summed E-state index contributed by atoms with van der Waals surface area (Å²) >= 11 is 4.56. The predicted molar refractivity (Wildman–Crippen MR) is 405 cm³/mol. The van der Waals surface area contributed by atoms with E-state index >= 15 is 19.2 Å². The number of benzene rings is 1. The van der Waals surface area contributed by atoms with Crippen molar-refractivity contribution in [1.82, 2.24) is 80.8 Å². The number of aliphatic hydroxyl groups excluding tert-OH is 1. The number of nitrogens with one attached hydrogen (secondary N) is 5. The Morgan fingerprint density at radius 1 is 0.795 bits per heavy atom. The zero-order valence-corrected chi connectivity index (χ0v) is 65.6. The number of hydrogen-bond donors (Lipinski definition) is 10. The number of aliphatic hydroxyl groups is 2. The zero-order valence-electron chi connectivity index (χ0n) is 61.5. The standard InChI is InChI=1S/C71H81N17O19S5/c1-32(89)49-63(96)82-50(33(2)101-7)66-77-44(31-110-66)62(95)83-53-55-56(107-47-22-71(4,99)57(84(5)6)34(3)106-47)70(98)104-24-35-9-8-10-45-48(35)37(25-103-55)54(88(45)100)69(97)105-26-39(74-60(93)42-30-112-68(53)79-42)65-75-40(27-109-65)51-36(64-76-43(28-108-64)61(94)81-49)21-46(90)52(80-51)67-78-41(29-111-67)59(92)73-38(58(72)91)23-87-15-13-85(14-16-87)11-12-86-17-19-102-20-18-86/h8-10,21,27-32,34,38-39,47,49,53,55-57,89-90,99-100H,11-20,22-26H2,1-7H3,(H2,72,91)(H,73,92)(H,74,93)(H,81,94)(H,82,96)(H,83,95)/b50-33+/t32-,34+,38?,39+,47+,49+,53+,55+,56+,57-,71+/m1/s1. The number of ether oxygens (including phenoxy) is 7. The van der Waals surface area contributed by atoms with Crippen molar-refractivity contribution in [2.24, 2.45) is 5.73 Å². The number of carbonyl (C=O) groups is 8. The van der Waals surface area contributed by atoms with Crippen LogP contribution in [0.2, 0.25) is 0 Å². The first kappa shape index (κ1) is 79.2. The van der Waals surface area contributed by atoms with Gasteiger partial charge < -0.3 is 90.9 Å². The van der Waals surface area contributed by atoms with Crippen molar-refractivity contribution in [3.63, 3.8) is 0 Å². The maximum atomic E-state index is 15.3. The summed E-state index contributed by atoms with van der Waals surface area (Å²) in [5, 5.41) is 68.8. The van der Waals surface area contributed by atoms with Gasteiger partial charge in [0.2, 0.25) is 11.8 Å². The molecule has 36 nitrogen and oxygen atoms in total. The molecule has 6 amide bonds. The minimum absolute atomic E-state index is 0.0130. The van der Waals surface area contributed by atoms with Crippen LogP contribution in [0.1, 0.15) is 125 Å². The Morgan fingerprint density at radius 3 is 2.16 bits per heavy atom. The molecule has 3 saturated heterocycles. The first-order valence-electron chi connectivity index (χ1n) is 35.7. The number of morpholine rings is 1. The van der Waals surface area contributed by atoms with Gasteiger partial charge in [-0.3, -0.25) is 43.5 Å². The third-order valence-electron chi connectivity index (χ3n) is 20.1. The quantitative estimate of drug-likeness (QED) is 0.0425. The van der Waals surface area contributed by atoms with Gasteiger partial charge in [0.15, 0.2) is 18.1 Å². The van der Waals surface area contributed by atoms with Crippen LogP contribution < -0.4 is 32.3 Å². The van der Waals surface area contributed by atoms with Crippen LogP contribution >= 0.6 is 56.7 Å². The number of aromatic hydroxyl groups is 1. The van der Waals surface area contributed by atoms with Gasteiger partial charge in [0, 0.05) is 109 Å². The highest BCUT2D eigenvalue weighted by molar-refractivity contribution is 7.14. The molecule has 8 aromatic rings. The van der Waals surface area contributed by atoms with E-state index in [2.05, 4.69) is 56.2 Å². The number of rotatable bonds is 14. The van der Waals surface area contributed by atoms with Crippen molar-refractivity contribution in [2.45, 2.75) is 114 Å². The Bertz CT molecular complexity index is 4960. The largest absolute Gasteiger partial charge is 0.506 e. The molecule has 41 heteroatoms. The molecule has 12 bridgehead atoms. The van der Waals surface area contributed by atoms with Gasteiger partial charge in [-0.1, -0.05) is 12.1 Å². The molecule has 112 heavy (non-hydrogen) atoms. The molecule has 11 atom stereocenters. The van der Waals surface area contributed by atoms with Crippen LogP contribution in [0.4, 0.5) is 0 Å². The molecule has 594 valence electrons. The van der Waals surface area contributed by atoms with Crippen molar-refractivity contribution in [1.29, 1.82) is 0 Å². The SMILES string of the molecule is CO/C(C)=C1/NC(=O)[C@H]([C@@H](C)O)NC(=O)c2csc(n2)-c2cc(O)c(-c3nc(C(=O)NC(CN4CCN(CCN5CCOCC5)CC4)C(N)=O)cs3)nc2-c2csc(n2)[C@@H]2COC(=O)c3c4c5c(cccc5n3O)COC(=O)[C@@H](O[C@H]3C[C@](C)(O)[C@H](N(C)C)[C@H](C)O3)[C@@H](OC4)[C@H](NC(=O)c3csc1n3)c1nc(cs1)C(=O)N2. The van der Waals surface area contributed by atoms with E-state index in [0.29, 0.717) is 36.6 Å². The molecule has 7 aromatic heterocycles. The molecule has 0 saturated carbocycles. The van der Waals surface area contributed by atoms with Crippen LogP contribution in [0.15, 0.2) is 56.9 Å². The van der Waals surface area contributed by atoms with E-state index in [9.17, 15) is 39.7 Å². The lowest BCUT2D eigenvalue weighted by molar-refractivity contribution is -0.280. The van der Waals surface area contributed by atoms with Crippen LogP contribution in [-0.2, 0) is 60.8 Å². The summed E-state index contributed by atoms with van der Waals surface area (Å²) in [6.07, 6.45) is -7.58. The Labute approximate surface area is 659 Å². The van der Waals surface area contributed by atoms with Gasteiger partial charge in [-0.25, -0.2) is 39.5 Å². The molecular formula is C71H81N17O19S5. The monoisotopic (exact) mass is 1640 g/mol. The zero-order chi connectivity index (χ0) is 79.1. The summed E-state index contributed by atoms with van der Waals surface area (Å²) < 4.78 is 43.9. The molecule has 0 radical (unpaired) electrons. The number of likely N-dealkylation sites (N-methyl/N-ethyl adjacent to an activating group) is 1. The molecule has 11 N–H and O–H groups in total. The van der Waals surface area contributed by atoms with Gasteiger partial charge in [-0.15, -0.1) is 56.7 Å². The van der Waals surface area contributed by atoms with Crippen molar-refractivity contribution in [2.75, 3.05) is 99.9 Å². The second-order valence-corrected chi connectivity index (χ2v) is 32.4. The highest BCUT2D eigenvalue weighted by atomic mass is 32.1. The average Bonchev–Trinajstić information content (AvgIpc) is 1.58. The number of amides is 6. The van der Waals surface area contributed by atoms with Crippen molar-refractivity contribution >= 4 is 121 Å². The number of nitrogens with zero attached hydrogens (tertiary/aromatic N) is 11. The second-order valence-electron chi connectivity index (χ2n) is 28.1. The molecule has 0 aliphatic carbocycles. The molecular weight excluding hydrogens is 1560 g/mol. The van der Waals surface area contributed by atoms with Gasteiger partial charge >= 0.3 is 11.9 Å². The summed E-state index contributed by atoms with van der Waals surface area (Å²) in [7, 11) is 4.85. The number of thiazole rings is 5. The fourth-order valence-electron chi connectivity index (χ4n) is 14.5. The van der Waals surface area contributed by atoms with E-state index in [1.54, 1.807) is 50.4 Å². The van der Waals surface area contributed by atoms with Gasteiger partial charge in [0.1, 0.15) is 126 Å². The van der Waals surface area contributed by atoms with Crippen LogP contribution in [0, 0.1) is 0 Å². The highest BCUT2D eigenvalue weighted by Gasteiger charge is 2.50. The van der Waals surface area contributed by atoms with Crippen LogP contribution in [0.5, 0.6) is 5.75 Å². The maximum Gasteiger partial charge on any atom is 0.358 e. The van der Waals surface area contributed by atoms with E-state index in [1.165, 1.54) is 54.6 Å². The third-order valence-corrected chi connectivity index (χ3v) is 24.6. The summed E-state index contributed by atoms with van der Waals surface area (Å²) in [6, 6.07) is -0.428. The van der Waals surface area contributed by atoms with Gasteiger partial charge in [0.25, 0.3) is 23.6 Å². The molecule has 0 spiro atoms. The fraction of sp³-hybridized carbons (Fsp3) is 0.465. The predicted octanol–water partition coefficient (Wildman–Crippen LogP) is 2.70. The van der Waals surface area contributed by atoms with Crippen molar-refractivity contribution < 1.29 is 92.0 Å². The van der Waals surface area contributed by atoms with E-state index in [0.717, 1.165) is 96.0 Å². The lowest BCUT2D eigenvalue weighted by atomic mass is 9.85. The van der Waals surface area contributed by atoms with E-state index in [-0.39, 0.29) is 111 Å². The number of nitrogens with two attached hydrogens (primary N) is 1. The molecule has 3 fully saturated rings. The summed E-state index contributed by atoms with van der Waals surface area (Å²) in [5.74, 6) is -7.87. The van der Waals surface area contributed by atoms with E-state index in [4.69, 9.17) is 53.8 Å². The normalized spacial score (nSPS) is 25.0. The maximum absolute atomic E-state index is 15.3. The number of esters is 2. The molecule has 14 rings (SSSR count). The van der Waals surface area contributed by atoms with E-state index < -0.39 is 145 Å². The number of methoxy groups -OCH3 is 1. The van der Waals surface area contributed by atoms with E-state index in [1.807, 2.05) is 0 Å². The van der Waals surface area contributed by atoms with Crippen LogP contribution in [0.25, 0.3) is 49.3 Å². The molecule has 6 aliphatic rings. The minimum Gasteiger partial charge on any atom is -0.506 e. The van der Waals surface area contributed by atoms with Crippen LogP contribution in [-0.4, -0.2) is 277 Å². The number of carbonyl (C=O) groups excluding carboxylic acids is 8. The minimum atomic E-state index is -1.92. The van der Waals surface area contributed by atoms with Crippen LogP contribution in [0.3, 0.4) is 0 Å². The van der Waals surface area contributed by atoms with Gasteiger partial charge in [-0.2, -0.15) is 4.73 Å². The number of fused-ring (bicyclic) bond motifs is 15. The Kier molecular flexibility index (Phi) is 23.6. The number of pyridine rings is 1. The Hall–Kier alpha value is -9.44. The van der Waals surface area contributed by atoms with Crippen molar-refractivity contribution in [3.8, 4) is 38.4 Å². The topological polar surface area (TPSA) is 463 Å². The summed E-state index contributed by atoms with van der Waals surface area (Å²) in [6.45, 7) is 12.1. The average molecular weight is 1640 g/mol. The smallest absolute Gasteiger partial charge is 0.358 e. The highest BCUT2D eigenvalue weighted by Crippen LogP contribution is 2.43. The number of piperazine rings is 1. The fourth-order valence-corrected chi connectivity index (χ4v) is 18.7. The number of aromatic nitrogens is 7. The lowest BCUT2D eigenvalue weighted by Crippen LogP contribution is -2.62. The molecule has 13 heterocycles. The summed E-state index contributed by atoms with van der Waals surface area (Å²) in [4.78, 5) is 154. The first-order valence-corrected chi connectivity index (χ1v) is 40.1.